The third kappa shape index (κ3) is 3.48. The third-order valence-electron chi connectivity index (χ3n) is 2.53. The van der Waals surface area contributed by atoms with E-state index in [2.05, 4.69) is 21.2 Å². The minimum Gasteiger partial charge on any atom is -0.496 e. The number of ether oxygens (including phenoxy) is 1. The van der Waals surface area contributed by atoms with Crippen LogP contribution < -0.4 is 10.1 Å². The van der Waals surface area contributed by atoms with Gasteiger partial charge in [-0.2, -0.15) is 0 Å². The number of hydrogen-bond donors (Lipinski definition) is 1. The van der Waals surface area contributed by atoms with E-state index in [-0.39, 0.29) is 0 Å². The summed E-state index contributed by atoms with van der Waals surface area (Å²) in [6.45, 7) is 0. The first-order valence-corrected chi connectivity index (χ1v) is 7.64. The highest BCUT2D eigenvalue weighted by molar-refractivity contribution is 9.10. The van der Waals surface area contributed by atoms with Crippen LogP contribution in [-0.2, 0) is 4.79 Å². The second kappa shape index (κ2) is 7.02. The standard InChI is InChI=1S/C14H11BrClNO2S/c1-19-11-3-2-4-12(14(11)15)20-13-7-9(16)5-6-10(13)17-8-18/h2-8H,1H3,(H,17,18). The van der Waals surface area contributed by atoms with E-state index < -0.39 is 0 Å². The number of methoxy groups -OCH3 is 1. The molecule has 0 aliphatic rings. The van der Waals surface area contributed by atoms with Crippen LogP contribution in [0.25, 0.3) is 0 Å². The molecule has 0 aliphatic heterocycles. The van der Waals surface area contributed by atoms with Gasteiger partial charge in [0.25, 0.3) is 0 Å². The molecule has 2 rings (SSSR count). The fraction of sp³-hybridized carbons (Fsp3) is 0.0714. The summed E-state index contributed by atoms with van der Waals surface area (Å²) >= 11 is 11.0. The van der Waals surface area contributed by atoms with E-state index in [9.17, 15) is 4.79 Å². The molecule has 1 N–H and O–H groups in total. The molecular formula is C14H11BrClNO2S. The molecule has 0 atom stereocenters. The summed E-state index contributed by atoms with van der Waals surface area (Å²) in [7, 11) is 1.62. The molecule has 0 heterocycles. The van der Waals surface area contributed by atoms with E-state index in [0.29, 0.717) is 17.1 Å². The van der Waals surface area contributed by atoms with Crippen molar-refractivity contribution in [1.82, 2.24) is 0 Å². The lowest BCUT2D eigenvalue weighted by molar-refractivity contribution is -0.105. The van der Waals surface area contributed by atoms with Gasteiger partial charge in [0.05, 0.1) is 17.3 Å². The predicted molar refractivity (Wildman–Crippen MR) is 86.0 cm³/mol. The number of carbonyl (C=O) groups excluding carboxylic acids is 1. The van der Waals surface area contributed by atoms with E-state index in [4.69, 9.17) is 16.3 Å². The fourth-order valence-electron chi connectivity index (χ4n) is 1.61. The van der Waals surface area contributed by atoms with Crippen LogP contribution in [0.3, 0.4) is 0 Å². The lowest BCUT2D eigenvalue weighted by Gasteiger charge is -2.11. The summed E-state index contributed by atoms with van der Waals surface area (Å²) in [6, 6.07) is 11.1. The highest BCUT2D eigenvalue weighted by atomic mass is 79.9. The number of benzene rings is 2. The van der Waals surface area contributed by atoms with Crippen LogP contribution in [0.5, 0.6) is 5.75 Å². The number of halogens is 2. The number of nitrogens with one attached hydrogen (secondary N) is 1. The molecule has 20 heavy (non-hydrogen) atoms. The quantitative estimate of drug-likeness (QED) is 0.764. The zero-order chi connectivity index (χ0) is 14.5. The van der Waals surface area contributed by atoms with E-state index >= 15 is 0 Å². The molecule has 104 valence electrons. The Morgan fingerprint density at radius 2 is 2.10 bits per heavy atom. The molecule has 1 amide bonds. The molecule has 0 fully saturated rings. The Labute approximate surface area is 134 Å². The predicted octanol–water partition coefficient (Wildman–Crippen LogP) is 4.83. The van der Waals surface area contributed by atoms with Crippen LogP contribution in [0.15, 0.2) is 50.7 Å². The van der Waals surface area contributed by atoms with Gasteiger partial charge in [0.2, 0.25) is 6.41 Å². The molecule has 0 saturated heterocycles. The first-order chi connectivity index (χ1) is 9.65. The average molecular weight is 373 g/mol. The Kier molecular flexibility index (Phi) is 5.34. The highest BCUT2D eigenvalue weighted by Crippen LogP contribution is 2.41. The van der Waals surface area contributed by atoms with Crippen LogP contribution in [-0.4, -0.2) is 13.5 Å². The van der Waals surface area contributed by atoms with Crippen LogP contribution in [0.2, 0.25) is 5.02 Å². The molecule has 3 nitrogen and oxygen atoms in total. The summed E-state index contributed by atoms with van der Waals surface area (Å²) in [4.78, 5) is 12.5. The molecule has 2 aromatic carbocycles. The largest absolute Gasteiger partial charge is 0.496 e. The summed E-state index contributed by atoms with van der Waals surface area (Å²) in [5.74, 6) is 0.752. The van der Waals surface area contributed by atoms with Crippen molar-refractivity contribution in [3.8, 4) is 5.75 Å². The minimum atomic E-state index is 0.614. The van der Waals surface area contributed by atoms with Crippen LogP contribution in [0.4, 0.5) is 5.69 Å². The Bertz CT molecular complexity index is 637. The highest BCUT2D eigenvalue weighted by Gasteiger charge is 2.10. The van der Waals surface area contributed by atoms with E-state index in [1.54, 1.807) is 19.2 Å². The number of carbonyl (C=O) groups is 1. The van der Waals surface area contributed by atoms with Gasteiger partial charge in [-0.25, -0.2) is 0 Å². The first kappa shape index (κ1) is 15.2. The van der Waals surface area contributed by atoms with Gasteiger partial charge >= 0.3 is 0 Å². The lowest BCUT2D eigenvalue weighted by atomic mass is 10.3. The van der Waals surface area contributed by atoms with Crippen molar-refractivity contribution in [2.75, 3.05) is 12.4 Å². The van der Waals surface area contributed by atoms with Crippen molar-refractivity contribution < 1.29 is 9.53 Å². The normalized spacial score (nSPS) is 10.2. The maximum absolute atomic E-state index is 10.6. The van der Waals surface area contributed by atoms with Gasteiger partial charge < -0.3 is 10.1 Å². The molecule has 0 unspecified atom stereocenters. The topological polar surface area (TPSA) is 38.3 Å². The van der Waals surface area contributed by atoms with Crippen molar-refractivity contribution in [2.45, 2.75) is 9.79 Å². The second-order valence-electron chi connectivity index (χ2n) is 3.78. The van der Waals surface area contributed by atoms with Crippen LogP contribution >= 0.6 is 39.3 Å². The van der Waals surface area contributed by atoms with Crippen molar-refractivity contribution >= 4 is 51.4 Å². The van der Waals surface area contributed by atoms with Crippen molar-refractivity contribution in [3.05, 3.63) is 45.9 Å². The molecule has 2 aromatic rings. The Balaban J connectivity index is 2.39. The number of rotatable bonds is 5. The van der Waals surface area contributed by atoms with Crippen molar-refractivity contribution in [3.63, 3.8) is 0 Å². The molecule has 0 spiro atoms. The zero-order valence-corrected chi connectivity index (χ0v) is 13.7. The molecule has 0 aromatic heterocycles. The monoisotopic (exact) mass is 371 g/mol. The van der Waals surface area contributed by atoms with Crippen molar-refractivity contribution in [1.29, 1.82) is 0 Å². The van der Waals surface area contributed by atoms with Crippen LogP contribution in [0.1, 0.15) is 0 Å². The van der Waals surface area contributed by atoms with Gasteiger partial charge in [-0.15, -0.1) is 0 Å². The maximum Gasteiger partial charge on any atom is 0.211 e. The molecular weight excluding hydrogens is 362 g/mol. The van der Waals surface area contributed by atoms with Crippen LogP contribution in [0, 0.1) is 0 Å². The summed E-state index contributed by atoms with van der Waals surface area (Å²) < 4.78 is 6.13. The summed E-state index contributed by atoms with van der Waals surface area (Å²) in [5.41, 5.74) is 0.712. The fourth-order valence-corrected chi connectivity index (χ4v) is 3.51. The van der Waals surface area contributed by atoms with E-state index in [1.807, 2.05) is 24.3 Å². The average Bonchev–Trinajstić information content (AvgIpc) is 2.44. The second-order valence-corrected chi connectivity index (χ2v) is 6.09. The van der Waals surface area contributed by atoms with Gasteiger partial charge in [-0.3, -0.25) is 4.79 Å². The summed E-state index contributed by atoms with van der Waals surface area (Å²) in [6.07, 6.45) is 0.647. The molecule has 0 radical (unpaired) electrons. The Morgan fingerprint density at radius 3 is 2.80 bits per heavy atom. The van der Waals surface area contributed by atoms with Gasteiger partial charge in [0.1, 0.15) is 5.75 Å². The van der Waals surface area contributed by atoms with Gasteiger partial charge in [-0.05, 0) is 46.3 Å². The molecule has 0 aliphatic carbocycles. The van der Waals surface area contributed by atoms with Gasteiger partial charge in [0.15, 0.2) is 0 Å². The van der Waals surface area contributed by atoms with E-state index in [0.717, 1.165) is 20.0 Å². The van der Waals surface area contributed by atoms with Gasteiger partial charge in [-0.1, -0.05) is 29.4 Å². The first-order valence-electron chi connectivity index (χ1n) is 5.66. The minimum absolute atomic E-state index is 0.614. The van der Waals surface area contributed by atoms with Crippen molar-refractivity contribution in [2.24, 2.45) is 0 Å². The molecule has 6 heteroatoms. The Morgan fingerprint density at radius 1 is 1.30 bits per heavy atom. The smallest absolute Gasteiger partial charge is 0.211 e. The third-order valence-corrected chi connectivity index (χ3v) is 4.96. The molecule has 0 bridgehead atoms. The van der Waals surface area contributed by atoms with Gasteiger partial charge in [0, 0.05) is 14.8 Å². The Hall–Kier alpha value is -1.17. The summed E-state index contributed by atoms with van der Waals surface area (Å²) in [5, 5.41) is 3.28. The van der Waals surface area contributed by atoms with E-state index in [1.165, 1.54) is 11.8 Å². The number of anilines is 1. The lowest BCUT2D eigenvalue weighted by Crippen LogP contribution is -1.95. The number of amides is 1. The molecule has 0 saturated carbocycles. The maximum atomic E-state index is 10.6. The SMILES string of the molecule is COc1cccc(Sc2cc(Cl)ccc2NC=O)c1Br. The number of hydrogen-bond acceptors (Lipinski definition) is 3. The zero-order valence-electron chi connectivity index (χ0n) is 10.5.